The highest BCUT2D eigenvalue weighted by Gasteiger charge is 2.38. The molecule has 9 heteroatoms. The Labute approximate surface area is 192 Å². The van der Waals surface area contributed by atoms with Crippen LogP contribution in [-0.4, -0.2) is 66.0 Å². The molecular formula is C24H30F2N4O3. The number of piperidine rings is 1. The van der Waals surface area contributed by atoms with E-state index >= 15 is 0 Å². The predicted octanol–water partition coefficient (Wildman–Crippen LogP) is 3.46. The zero-order valence-corrected chi connectivity index (χ0v) is 19.0. The van der Waals surface area contributed by atoms with E-state index in [1.807, 2.05) is 0 Å². The van der Waals surface area contributed by atoms with Gasteiger partial charge in [0.25, 0.3) is 5.91 Å². The SMILES string of the molecule is CN(C)C(=O)C1CN(C2CCCCC2)CCC1NC(=O)c1cc(-c2ccc(F)cc2F)no1. The molecule has 7 nitrogen and oxygen atoms in total. The number of carbonyl (C=O) groups is 2. The number of hydrogen-bond donors (Lipinski definition) is 1. The molecule has 1 aliphatic carbocycles. The van der Waals surface area contributed by atoms with Crippen LogP contribution in [0.3, 0.4) is 0 Å². The van der Waals surface area contributed by atoms with Gasteiger partial charge in [-0.3, -0.25) is 14.5 Å². The van der Waals surface area contributed by atoms with E-state index in [9.17, 15) is 18.4 Å². The summed E-state index contributed by atoms with van der Waals surface area (Å²) in [6.07, 6.45) is 6.66. The topological polar surface area (TPSA) is 78.7 Å². The van der Waals surface area contributed by atoms with Gasteiger partial charge < -0.3 is 14.7 Å². The molecule has 2 aromatic rings. The third kappa shape index (κ3) is 5.24. The first-order valence-corrected chi connectivity index (χ1v) is 11.5. The van der Waals surface area contributed by atoms with E-state index in [1.165, 1.54) is 31.4 Å². The van der Waals surface area contributed by atoms with Gasteiger partial charge in [0.1, 0.15) is 17.3 Å². The number of likely N-dealkylation sites (tertiary alicyclic amines) is 1. The molecular weight excluding hydrogens is 430 g/mol. The van der Waals surface area contributed by atoms with Crippen molar-refractivity contribution in [2.45, 2.75) is 50.6 Å². The first-order valence-electron chi connectivity index (χ1n) is 11.5. The number of carbonyl (C=O) groups excluding carboxylic acids is 2. The fourth-order valence-corrected chi connectivity index (χ4v) is 4.96. The van der Waals surface area contributed by atoms with E-state index in [4.69, 9.17) is 4.52 Å². The van der Waals surface area contributed by atoms with Gasteiger partial charge >= 0.3 is 0 Å². The lowest BCUT2D eigenvalue weighted by molar-refractivity contribution is -0.136. The number of hydrogen-bond acceptors (Lipinski definition) is 5. The lowest BCUT2D eigenvalue weighted by Crippen LogP contribution is -2.57. The average molecular weight is 461 g/mol. The molecule has 1 saturated carbocycles. The van der Waals surface area contributed by atoms with Crippen LogP contribution in [0.4, 0.5) is 8.78 Å². The fraction of sp³-hybridized carbons (Fsp3) is 0.542. The predicted molar refractivity (Wildman–Crippen MR) is 118 cm³/mol. The third-order valence-electron chi connectivity index (χ3n) is 6.75. The number of nitrogens with one attached hydrogen (secondary N) is 1. The first kappa shape index (κ1) is 23.4. The van der Waals surface area contributed by atoms with Crippen molar-refractivity contribution in [1.82, 2.24) is 20.3 Å². The Hall–Kier alpha value is -2.81. The number of nitrogens with zero attached hydrogens (tertiary/aromatic N) is 3. The summed E-state index contributed by atoms with van der Waals surface area (Å²) >= 11 is 0. The summed E-state index contributed by atoms with van der Waals surface area (Å²) in [6.45, 7) is 1.42. The number of rotatable bonds is 5. The van der Waals surface area contributed by atoms with Crippen molar-refractivity contribution in [3.05, 3.63) is 41.7 Å². The number of aromatic nitrogens is 1. The Bertz CT molecular complexity index is 1000. The van der Waals surface area contributed by atoms with Crippen LogP contribution in [0.25, 0.3) is 11.3 Å². The van der Waals surface area contributed by atoms with Gasteiger partial charge in [-0.2, -0.15) is 0 Å². The van der Waals surface area contributed by atoms with Crippen LogP contribution >= 0.6 is 0 Å². The van der Waals surface area contributed by atoms with Crippen molar-refractivity contribution in [1.29, 1.82) is 0 Å². The van der Waals surface area contributed by atoms with Crippen LogP contribution in [0.15, 0.2) is 28.8 Å². The minimum absolute atomic E-state index is 0.0209. The molecule has 2 unspecified atom stereocenters. The molecule has 2 heterocycles. The lowest BCUT2D eigenvalue weighted by Gasteiger charge is -2.43. The van der Waals surface area contributed by atoms with Crippen LogP contribution in [-0.2, 0) is 4.79 Å². The summed E-state index contributed by atoms with van der Waals surface area (Å²) in [4.78, 5) is 29.8. The van der Waals surface area contributed by atoms with Crippen molar-refractivity contribution in [2.75, 3.05) is 27.2 Å². The highest BCUT2D eigenvalue weighted by atomic mass is 19.1. The molecule has 1 aliphatic heterocycles. The lowest BCUT2D eigenvalue weighted by atomic mass is 9.86. The standard InChI is InChI=1S/C24H30F2N4O3/c1-29(2)24(32)18-14-30(16-6-4-3-5-7-16)11-10-20(18)27-23(31)22-13-21(28-33-22)17-9-8-15(25)12-19(17)26/h8-9,12-13,16,18,20H,3-7,10-11,14H2,1-2H3,(H,27,31). The second-order valence-corrected chi connectivity index (χ2v) is 9.20. The zero-order chi connectivity index (χ0) is 23.5. The summed E-state index contributed by atoms with van der Waals surface area (Å²) in [5.74, 6) is -2.47. The summed E-state index contributed by atoms with van der Waals surface area (Å²) in [7, 11) is 3.45. The zero-order valence-electron chi connectivity index (χ0n) is 19.0. The molecule has 4 rings (SSSR count). The Morgan fingerprint density at radius 3 is 2.58 bits per heavy atom. The van der Waals surface area contributed by atoms with Crippen LogP contribution in [0.1, 0.15) is 49.1 Å². The van der Waals surface area contributed by atoms with Crippen molar-refractivity contribution >= 4 is 11.8 Å². The fourth-order valence-electron chi connectivity index (χ4n) is 4.96. The second-order valence-electron chi connectivity index (χ2n) is 9.20. The molecule has 2 aliphatic rings. The quantitative estimate of drug-likeness (QED) is 0.739. The first-order chi connectivity index (χ1) is 15.8. The highest BCUT2D eigenvalue weighted by molar-refractivity contribution is 5.93. The molecule has 2 fully saturated rings. The Balaban J connectivity index is 1.47. The maximum Gasteiger partial charge on any atom is 0.290 e. The Kier molecular flexibility index (Phi) is 7.07. The summed E-state index contributed by atoms with van der Waals surface area (Å²) < 4.78 is 32.4. The molecule has 0 spiro atoms. The van der Waals surface area contributed by atoms with Crippen LogP contribution < -0.4 is 5.32 Å². The monoisotopic (exact) mass is 460 g/mol. The van der Waals surface area contributed by atoms with Gasteiger partial charge in [-0.15, -0.1) is 0 Å². The number of benzene rings is 1. The molecule has 0 radical (unpaired) electrons. The number of amides is 2. The average Bonchev–Trinajstić information content (AvgIpc) is 3.29. The molecule has 178 valence electrons. The second kappa shape index (κ2) is 9.99. The van der Waals surface area contributed by atoms with Crippen molar-refractivity contribution < 1.29 is 22.9 Å². The van der Waals surface area contributed by atoms with Gasteiger partial charge in [0.15, 0.2) is 0 Å². The van der Waals surface area contributed by atoms with Crippen molar-refractivity contribution in [3.8, 4) is 11.3 Å². The largest absolute Gasteiger partial charge is 0.350 e. The van der Waals surface area contributed by atoms with E-state index in [1.54, 1.807) is 19.0 Å². The Morgan fingerprint density at radius 1 is 1.12 bits per heavy atom. The maximum absolute atomic E-state index is 14.1. The smallest absolute Gasteiger partial charge is 0.290 e. The van der Waals surface area contributed by atoms with Crippen LogP contribution in [0, 0.1) is 17.6 Å². The van der Waals surface area contributed by atoms with Gasteiger partial charge in [0.2, 0.25) is 11.7 Å². The van der Waals surface area contributed by atoms with Gasteiger partial charge in [-0.25, -0.2) is 8.78 Å². The van der Waals surface area contributed by atoms with Crippen LogP contribution in [0.5, 0.6) is 0 Å². The Morgan fingerprint density at radius 2 is 1.88 bits per heavy atom. The van der Waals surface area contributed by atoms with E-state index in [2.05, 4.69) is 15.4 Å². The normalized spacial score (nSPS) is 22.2. The summed E-state index contributed by atoms with van der Waals surface area (Å²) in [6, 6.07) is 4.59. The minimum Gasteiger partial charge on any atom is -0.350 e. The third-order valence-corrected chi connectivity index (χ3v) is 6.75. The molecule has 1 aromatic carbocycles. The summed E-state index contributed by atoms with van der Waals surface area (Å²) in [5, 5.41) is 6.70. The molecule has 1 aromatic heterocycles. The van der Waals surface area contributed by atoms with Crippen molar-refractivity contribution in [3.63, 3.8) is 0 Å². The van der Waals surface area contributed by atoms with E-state index in [0.717, 1.165) is 31.5 Å². The molecule has 1 saturated heterocycles. The molecule has 2 amide bonds. The van der Waals surface area contributed by atoms with Crippen molar-refractivity contribution in [2.24, 2.45) is 5.92 Å². The van der Waals surface area contributed by atoms with Gasteiger partial charge in [0, 0.05) is 57.0 Å². The number of halogens is 2. The molecule has 0 bridgehead atoms. The maximum atomic E-state index is 14.1. The van der Waals surface area contributed by atoms with Crippen LogP contribution in [0.2, 0.25) is 0 Å². The summed E-state index contributed by atoms with van der Waals surface area (Å²) in [5.41, 5.74) is 0.145. The molecule has 1 N–H and O–H groups in total. The van der Waals surface area contributed by atoms with Gasteiger partial charge in [-0.1, -0.05) is 24.4 Å². The molecule has 2 atom stereocenters. The van der Waals surface area contributed by atoms with E-state index < -0.39 is 17.5 Å². The van der Waals surface area contributed by atoms with E-state index in [0.29, 0.717) is 19.0 Å². The highest BCUT2D eigenvalue weighted by Crippen LogP contribution is 2.29. The van der Waals surface area contributed by atoms with E-state index in [-0.39, 0.29) is 34.9 Å². The minimum atomic E-state index is -0.790. The molecule has 33 heavy (non-hydrogen) atoms. The van der Waals surface area contributed by atoms with Gasteiger partial charge in [0.05, 0.1) is 5.92 Å². The van der Waals surface area contributed by atoms with Gasteiger partial charge in [-0.05, 0) is 31.4 Å².